The van der Waals surface area contributed by atoms with E-state index in [1.165, 1.54) is 6.08 Å². The molecule has 4 aromatic rings. The Balaban J connectivity index is 1.58. The first kappa shape index (κ1) is 26.7. The van der Waals surface area contributed by atoms with Crippen LogP contribution in [0.1, 0.15) is 21.5 Å². The van der Waals surface area contributed by atoms with E-state index in [1.54, 1.807) is 40.7 Å². The Morgan fingerprint density at radius 1 is 0.868 bits per heavy atom. The lowest BCUT2D eigenvalue weighted by atomic mass is 10.1. The molecule has 1 aromatic heterocycles. The van der Waals surface area contributed by atoms with E-state index in [-0.39, 0.29) is 5.78 Å². The number of halogens is 1. The van der Waals surface area contributed by atoms with Crippen LogP contribution in [0, 0.1) is 0 Å². The van der Waals surface area contributed by atoms with Crippen molar-refractivity contribution in [1.29, 1.82) is 0 Å². The predicted octanol–water partition coefficient (Wildman–Crippen LogP) is 6.85. The van der Waals surface area contributed by atoms with Gasteiger partial charge in [0, 0.05) is 42.0 Å². The summed E-state index contributed by atoms with van der Waals surface area (Å²) in [7, 11) is 8.18. The molecule has 0 saturated carbocycles. The van der Waals surface area contributed by atoms with E-state index in [2.05, 4.69) is 5.32 Å². The van der Waals surface area contributed by atoms with Gasteiger partial charge >= 0.3 is 0 Å². The fourth-order valence-electron chi connectivity index (χ4n) is 4.25. The second kappa shape index (κ2) is 11.8. The first-order chi connectivity index (χ1) is 18.4. The number of aryl methyl sites for hydroxylation is 1. The Hall–Kier alpha value is -4.36. The first-order valence-electron chi connectivity index (χ1n) is 11.8. The molecule has 8 heteroatoms. The summed E-state index contributed by atoms with van der Waals surface area (Å²) in [4.78, 5) is 12.9. The van der Waals surface area contributed by atoms with Gasteiger partial charge in [0.15, 0.2) is 23.0 Å². The number of nitrogens with zero attached hydrogens (tertiary/aromatic N) is 1. The topological polar surface area (TPSA) is 71.0 Å². The highest BCUT2D eigenvalue weighted by molar-refractivity contribution is 6.32. The number of carbonyl (C=O) groups excluding carboxylic acids is 1. The monoisotopic (exact) mass is 532 g/mol. The highest BCUT2D eigenvalue weighted by Gasteiger charge is 2.14. The van der Waals surface area contributed by atoms with Gasteiger partial charge in [-0.25, -0.2) is 0 Å². The van der Waals surface area contributed by atoms with E-state index < -0.39 is 0 Å². The second-order valence-corrected chi connectivity index (χ2v) is 8.80. The molecule has 0 atom stereocenters. The standard InChI is InChI=1S/C30H29ClN2O5/c1-33-18-22(21-8-6-7-9-25(21)33)26(34)12-13-32-24-15-19(14-23(31)29(24)37-4)10-11-20-16-27(35-2)30(38-5)28(17-20)36-3/h6-18,32H,1-5H3/b11-10?,13-12-. The zero-order valence-corrected chi connectivity index (χ0v) is 22.6. The quantitative estimate of drug-likeness (QED) is 0.137. The highest BCUT2D eigenvalue weighted by atomic mass is 35.5. The van der Waals surface area contributed by atoms with Crippen molar-refractivity contribution in [3.8, 4) is 23.0 Å². The lowest BCUT2D eigenvalue weighted by Crippen LogP contribution is -1.98. The van der Waals surface area contributed by atoms with Gasteiger partial charge in [-0.2, -0.15) is 0 Å². The molecule has 7 nitrogen and oxygen atoms in total. The van der Waals surface area contributed by atoms with Crippen LogP contribution in [0.2, 0.25) is 5.02 Å². The molecular weight excluding hydrogens is 504 g/mol. The van der Waals surface area contributed by atoms with Crippen molar-refractivity contribution in [3.63, 3.8) is 0 Å². The fourth-order valence-corrected chi connectivity index (χ4v) is 4.56. The van der Waals surface area contributed by atoms with Crippen LogP contribution in [0.3, 0.4) is 0 Å². The van der Waals surface area contributed by atoms with Gasteiger partial charge in [0.05, 0.1) is 39.1 Å². The lowest BCUT2D eigenvalue weighted by molar-refractivity contribution is 0.104. The van der Waals surface area contributed by atoms with Crippen LogP contribution >= 0.6 is 11.6 Å². The van der Waals surface area contributed by atoms with Crippen LogP contribution in [0.25, 0.3) is 23.1 Å². The van der Waals surface area contributed by atoms with Crippen molar-refractivity contribution in [1.82, 2.24) is 4.57 Å². The largest absolute Gasteiger partial charge is 0.493 e. The Morgan fingerprint density at radius 2 is 1.50 bits per heavy atom. The minimum Gasteiger partial charge on any atom is -0.493 e. The molecule has 0 aliphatic carbocycles. The average Bonchev–Trinajstić information content (AvgIpc) is 3.27. The maximum absolute atomic E-state index is 12.9. The Bertz CT molecular complexity index is 1510. The first-order valence-corrected chi connectivity index (χ1v) is 12.1. The van der Waals surface area contributed by atoms with E-state index in [0.717, 1.165) is 22.0 Å². The van der Waals surface area contributed by atoms with Crippen molar-refractivity contribution in [3.05, 3.63) is 88.7 Å². The van der Waals surface area contributed by atoms with Crippen LogP contribution in [-0.2, 0) is 7.05 Å². The second-order valence-electron chi connectivity index (χ2n) is 8.39. The van der Waals surface area contributed by atoms with E-state index >= 15 is 0 Å². The molecule has 0 spiro atoms. The van der Waals surface area contributed by atoms with E-state index in [9.17, 15) is 4.79 Å². The van der Waals surface area contributed by atoms with Crippen LogP contribution in [-0.4, -0.2) is 38.8 Å². The number of ketones is 1. The number of fused-ring (bicyclic) bond motifs is 1. The number of hydrogen-bond donors (Lipinski definition) is 1. The van der Waals surface area contributed by atoms with Gasteiger partial charge in [-0.1, -0.05) is 42.0 Å². The third-order valence-electron chi connectivity index (χ3n) is 6.06. The van der Waals surface area contributed by atoms with Gasteiger partial charge in [-0.3, -0.25) is 4.79 Å². The van der Waals surface area contributed by atoms with E-state index in [1.807, 2.05) is 72.4 Å². The number of nitrogens with one attached hydrogen (secondary N) is 1. The van der Waals surface area contributed by atoms with Gasteiger partial charge in [0.1, 0.15) is 0 Å². The molecule has 1 heterocycles. The molecule has 0 aliphatic rings. The minimum atomic E-state index is -0.113. The summed E-state index contributed by atoms with van der Waals surface area (Å²) in [5.41, 5.74) is 3.92. The Kier molecular flexibility index (Phi) is 8.28. The molecule has 0 radical (unpaired) electrons. The van der Waals surface area contributed by atoms with E-state index in [4.69, 9.17) is 30.5 Å². The predicted molar refractivity (Wildman–Crippen MR) is 153 cm³/mol. The average molecular weight is 533 g/mol. The summed E-state index contributed by atoms with van der Waals surface area (Å²) in [6.45, 7) is 0. The van der Waals surface area contributed by atoms with Crippen LogP contribution in [0.5, 0.6) is 23.0 Å². The van der Waals surface area contributed by atoms with Crippen molar-refractivity contribution < 1.29 is 23.7 Å². The molecule has 3 aromatic carbocycles. The third kappa shape index (κ3) is 5.48. The van der Waals surface area contributed by atoms with Gasteiger partial charge in [0.25, 0.3) is 0 Å². The van der Waals surface area contributed by atoms with Gasteiger partial charge in [0.2, 0.25) is 5.75 Å². The Labute approximate surface area is 226 Å². The number of carbonyl (C=O) groups is 1. The molecule has 4 rings (SSSR count). The fraction of sp³-hybridized carbons (Fsp3) is 0.167. The van der Waals surface area contributed by atoms with Crippen molar-refractivity contribution in [2.75, 3.05) is 33.8 Å². The number of methoxy groups -OCH3 is 4. The number of para-hydroxylation sites is 1. The number of rotatable bonds is 10. The summed E-state index contributed by atoms with van der Waals surface area (Å²) in [6.07, 6.45) is 8.73. The van der Waals surface area contributed by atoms with Gasteiger partial charge < -0.3 is 28.8 Å². The zero-order chi connectivity index (χ0) is 27.2. The summed E-state index contributed by atoms with van der Waals surface area (Å²) >= 11 is 6.51. The van der Waals surface area contributed by atoms with E-state index in [0.29, 0.717) is 39.3 Å². The lowest BCUT2D eigenvalue weighted by Gasteiger charge is -2.13. The third-order valence-corrected chi connectivity index (χ3v) is 6.34. The Morgan fingerprint density at radius 3 is 2.13 bits per heavy atom. The molecule has 196 valence electrons. The molecule has 0 unspecified atom stereocenters. The van der Waals surface area contributed by atoms with Gasteiger partial charge in [-0.15, -0.1) is 0 Å². The smallest absolute Gasteiger partial charge is 0.203 e. The zero-order valence-electron chi connectivity index (χ0n) is 21.9. The molecule has 0 fully saturated rings. The number of anilines is 1. The van der Waals surface area contributed by atoms with Crippen LogP contribution in [0.15, 0.2) is 67.0 Å². The summed E-state index contributed by atoms with van der Waals surface area (Å²) in [5.74, 6) is 2.00. The van der Waals surface area contributed by atoms with Crippen molar-refractivity contribution >= 4 is 46.1 Å². The number of hydrogen-bond acceptors (Lipinski definition) is 6. The summed E-state index contributed by atoms with van der Waals surface area (Å²) < 4.78 is 23.7. The highest BCUT2D eigenvalue weighted by Crippen LogP contribution is 2.39. The normalized spacial score (nSPS) is 11.3. The van der Waals surface area contributed by atoms with Crippen molar-refractivity contribution in [2.45, 2.75) is 0 Å². The van der Waals surface area contributed by atoms with Crippen molar-refractivity contribution in [2.24, 2.45) is 7.05 Å². The van der Waals surface area contributed by atoms with Gasteiger partial charge in [-0.05, 0) is 41.5 Å². The van der Waals surface area contributed by atoms with Crippen LogP contribution in [0.4, 0.5) is 5.69 Å². The van der Waals surface area contributed by atoms with Crippen LogP contribution < -0.4 is 24.3 Å². The molecular formula is C30H29ClN2O5. The molecule has 0 amide bonds. The summed E-state index contributed by atoms with van der Waals surface area (Å²) in [6, 6.07) is 15.2. The number of aromatic nitrogens is 1. The molecule has 0 saturated heterocycles. The number of benzene rings is 3. The SMILES string of the molecule is COc1cc(C=Cc2cc(Cl)c(OC)c(N/C=C\C(=O)c3cn(C)c4ccccc34)c2)cc(OC)c1OC. The number of ether oxygens (including phenoxy) is 4. The maximum atomic E-state index is 12.9. The maximum Gasteiger partial charge on any atom is 0.203 e. The molecule has 1 N–H and O–H groups in total. The minimum absolute atomic E-state index is 0.113. The summed E-state index contributed by atoms with van der Waals surface area (Å²) in [5, 5.41) is 4.48. The molecule has 38 heavy (non-hydrogen) atoms. The molecule has 0 bridgehead atoms. The number of allylic oxidation sites excluding steroid dienone is 1. The molecule has 0 aliphatic heterocycles.